The van der Waals surface area contributed by atoms with Crippen LogP contribution in [0.3, 0.4) is 0 Å². The number of carbonyl (C=O) groups excluding carboxylic acids is 1. The van der Waals surface area contributed by atoms with Gasteiger partial charge >= 0.3 is 6.09 Å². The van der Waals surface area contributed by atoms with Crippen LogP contribution in [0.1, 0.15) is 32.3 Å². The van der Waals surface area contributed by atoms with Gasteiger partial charge in [0.25, 0.3) is 0 Å². The highest BCUT2D eigenvalue weighted by atomic mass is 16.6. The quantitative estimate of drug-likeness (QED) is 0.844. The van der Waals surface area contributed by atoms with Crippen LogP contribution in [0.2, 0.25) is 0 Å². The zero-order valence-corrected chi connectivity index (χ0v) is 14.3. The van der Waals surface area contributed by atoms with E-state index < -0.39 is 0 Å². The molecule has 124 valence electrons. The summed E-state index contributed by atoms with van der Waals surface area (Å²) in [5.41, 5.74) is 1.03. The van der Waals surface area contributed by atoms with Crippen LogP contribution in [0.15, 0.2) is 43.0 Å². The van der Waals surface area contributed by atoms with E-state index in [2.05, 4.69) is 18.8 Å². The first-order chi connectivity index (χ1) is 10.6. The first-order valence-electron chi connectivity index (χ1n) is 7.73. The molecule has 1 aromatic carbocycles. The Morgan fingerprint density at radius 3 is 2.41 bits per heavy atom. The standard InChI is InChI=1S/C13H17NO2.C3H6.C2H7N/c1-11-6-5-9-14(11)13(15)16-10-12-7-3-2-4-8-12;2*1-3-2/h2-4,7-8,11H,5-6,9-10H2,1H3;3H,1H2,2H3;3H,1-2H3. The maximum absolute atomic E-state index is 11.7. The number of hydrogen-bond acceptors (Lipinski definition) is 3. The van der Waals surface area contributed by atoms with Crippen molar-refractivity contribution in [2.24, 2.45) is 0 Å². The Bertz CT molecular complexity index is 407. The first kappa shape index (κ1) is 20.2. The van der Waals surface area contributed by atoms with Crippen molar-refractivity contribution in [1.29, 1.82) is 0 Å². The molecule has 1 heterocycles. The van der Waals surface area contributed by atoms with Gasteiger partial charge in [0, 0.05) is 12.6 Å². The number of nitrogens with zero attached hydrogens (tertiary/aromatic N) is 1. The molecule has 22 heavy (non-hydrogen) atoms. The van der Waals surface area contributed by atoms with Gasteiger partial charge in [-0.05, 0) is 46.3 Å². The predicted molar refractivity (Wildman–Crippen MR) is 92.9 cm³/mol. The molecular weight excluding hydrogens is 276 g/mol. The molecule has 1 N–H and O–H groups in total. The van der Waals surface area contributed by atoms with Crippen molar-refractivity contribution in [3.05, 3.63) is 48.6 Å². The molecule has 0 saturated carbocycles. The zero-order valence-electron chi connectivity index (χ0n) is 14.3. The largest absolute Gasteiger partial charge is 0.445 e. The van der Waals surface area contributed by atoms with E-state index in [-0.39, 0.29) is 6.09 Å². The molecule has 0 bridgehead atoms. The third kappa shape index (κ3) is 8.47. The number of allylic oxidation sites excluding steroid dienone is 1. The van der Waals surface area contributed by atoms with E-state index in [0.29, 0.717) is 12.6 Å². The molecule has 4 nitrogen and oxygen atoms in total. The van der Waals surface area contributed by atoms with E-state index >= 15 is 0 Å². The van der Waals surface area contributed by atoms with Crippen molar-refractivity contribution in [2.75, 3.05) is 20.6 Å². The second kappa shape index (κ2) is 12.9. The van der Waals surface area contributed by atoms with Crippen LogP contribution in [0, 0.1) is 0 Å². The fraction of sp³-hybridized carbons (Fsp3) is 0.500. The molecule has 1 aliphatic heterocycles. The monoisotopic (exact) mass is 306 g/mol. The summed E-state index contributed by atoms with van der Waals surface area (Å²) in [5, 5.41) is 2.75. The van der Waals surface area contributed by atoms with E-state index in [9.17, 15) is 4.79 Å². The van der Waals surface area contributed by atoms with Gasteiger partial charge in [0.2, 0.25) is 0 Å². The lowest BCUT2D eigenvalue weighted by molar-refractivity contribution is 0.0944. The Hall–Kier alpha value is -1.81. The summed E-state index contributed by atoms with van der Waals surface area (Å²) < 4.78 is 5.27. The van der Waals surface area contributed by atoms with Crippen LogP contribution in [0.5, 0.6) is 0 Å². The number of ether oxygens (including phenoxy) is 1. The van der Waals surface area contributed by atoms with Gasteiger partial charge in [0.05, 0.1) is 0 Å². The molecule has 1 amide bonds. The molecule has 1 fully saturated rings. The number of benzene rings is 1. The van der Waals surface area contributed by atoms with E-state index in [1.807, 2.05) is 56.3 Å². The summed E-state index contributed by atoms with van der Waals surface area (Å²) in [6.07, 6.45) is 3.73. The molecule has 1 aliphatic rings. The number of hydrogen-bond donors (Lipinski definition) is 1. The van der Waals surface area contributed by atoms with E-state index in [4.69, 9.17) is 4.74 Å². The topological polar surface area (TPSA) is 41.6 Å². The van der Waals surface area contributed by atoms with Crippen LogP contribution in [-0.4, -0.2) is 37.7 Å². The van der Waals surface area contributed by atoms with Gasteiger partial charge in [0.15, 0.2) is 0 Å². The summed E-state index contributed by atoms with van der Waals surface area (Å²) in [6.45, 7) is 8.51. The highest BCUT2D eigenvalue weighted by molar-refractivity contribution is 5.68. The van der Waals surface area contributed by atoms with Gasteiger partial charge in [-0.15, -0.1) is 6.58 Å². The second-order valence-corrected chi connectivity index (χ2v) is 5.13. The Morgan fingerprint density at radius 1 is 1.41 bits per heavy atom. The lowest BCUT2D eigenvalue weighted by atomic mass is 10.2. The Balaban J connectivity index is 0.000000639. The molecular formula is C18H30N2O2. The number of amides is 1. The third-order valence-corrected chi connectivity index (χ3v) is 2.99. The number of rotatable bonds is 2. The van der Waals surface area contributed by atoms with Gasteiger partial charge in [0.1, 0.15) is 6.61 Å². The Morgan fingerprint density at radius 2 is 1.95 bits per heavy atom. The lowest BCUT2D eigenvalue weighted by Gasteiger charge is -2.20. The van der Waals surface area contributed by atoms with E-state index in [1.165, 1.54) is 0 Å². The molecule has 1 saturated heterocycles. The van der Waals surface area contributed by atoms with Gasteiger partial charge in [-0.2, -0.15) is 0 Å². The third-order valence-electron chi connectivity index (χ3n) is 2.99. The van der Waals surface area contributed by atoms with Gasteiger partial charge < -0.3 is 15.0 Å². The minimum Gasteiger partial charge on any atom is -0.445 e. The zero-order chi connectivity index (χ0) is 16.8. The highest BCUT2D eigenvalue weighted by Crippen LogP contribution is 2.17. The lowest BCUT2D eigenvalue weighted by Crippen LogP contribution is -2.33. The van der Waals surface area contributed by atoms with E-state index in [1.54, 1.807) is 6.08 Å². The number of carbonyl (C=O) groups is 1. The summed E-state index contributed by atoms with van der Waals surface area (Å²) in [4.78, 5) is 13.5. The summed E-state index contributed by atoms with van der Waals surface area (Å²) >= 11 is 0. The minimum absolute atomic E-state index is 0.186. The van der Waals surface area contributed by atoms with Crippen molar-refractivity contribution >= 4 is 6.09 Å². The Kier molecular flexibility index (Phi) is 11.8. The molecule has 0 spiro atoms. The maximum Gasteiger partial charge on any atom is 0.410 e. The number of nitrogens with one attached hydrogen (secondary N) is 1. The van der Waals surface area contributed by atoms with Crippen molar-refractivity contribution in [1.82, 2.24) is 10.2 Å². The molecule has 2 rings (SSSR count). The van der Waals surface area contributed by atoms with E-state index in [0.717, 1.165) is 24.9 Å². The molecule has 0 radical (unpaired) electrons. The summed E-state index contributed by atoms with van der Waals surface area (Å²) in [7, 11) is 3.75. The van der Waals surface area contributed by atoms with Crippen LogP contribution >= 0.6 is 0 Å². The van der Waals surface area contributed by atoms with Crippen LogP contribution in [0.4, 0.5) is 4.79 Å². The predicted octanol–water partition coefficient (Wildman–Crippen LogP) is 3.84. The minimum atomic E-state index is -0.186. The second-order valence-electron chi connectivity index (χ2n) is 5.13. The van der Waals surface area contributed by atoms with Crippen molar-refractivity contribution < 1.29 is 9.53 Å². The van der Waals surface area contributed by atoms with Crippen LogP contribution < -0.4 is 5.32 Å². The number of likely N-dealkylation sites (tertiary alicyclic amines) is 1. The van der Waals surface area contributed by atoms with Gasteiger partial charge in [-0.1, -0.05) is 36.4 Å². The maximum atomic E-state index is 11.7. The first-order valence-corrected chi connectivity index (χ1v) is 7.73. The average Bonchev–Trinajstić information content (AvgIpc) is 2.94. The highest BCUT2D eigenvalue weighted by Gasteiger charge is 2.25. The van der Waals surface area contributed by atoms with Gasteiger partial charge in [-0.25, -0.2) is 4.79 Å². The smallest absolute Gasteiger partial charge is 0.410 e. The molecule has 1 unspecified atom stereocenters. The molecule has 0 aromatic heterocycles. The average molecular weight is 306 g/mol. The molecule has 1 aromatic rings. The van der Waals surface area contributed by atoms with Gasteiger partial charge in [-0.3, -0.25) is 0 Å². The normalized spacial score (nSPS) is 15.8. The summed E-state index contributed by atoms with van der Waals surface area (Å²) in [6, 6.07) is 10.1. The molecule has 0 aliphatic carbocycles. The SMILES string of the molecule is C=CC.CC1CCCN1C(=O)OCc1ccccc1.CNC. The van der Waals surface area contributed by atoms with Crippen molar-refractivity contribution in [3.63, 3.8) is 0 Å². The molecule has 4 heteroatoms. The van der Waals surface area contributed by atoms with Crippen LogP contribution in [0.25, 0.3) is 0 Å². The Labute approximate surface area is 135 Å². The van der Waals surface area contributed by atoms with Crippen molar-refractivity contribution in [3.8, 4) is 0 Å². The summed E-state index contributed by atoms with van der Waals surface area (Å²) in [5.74, 6) is 0. The fourth-order valence-corrected chi connectivity index (χ4v) is 2.01. The van der Waals surface area contributed by atoms with Crippen LogP contribution in [-0.2, 0) is 11.3 Å². The fourth-order valence-electron chi connectivity index (χ4n) is 2.01. The molecule has 1 atom stereocenters. The van der Waals surface area contributed by atoms with Crippen molar-refractivity contribution in [2.45, 2.75) is 39.3 Å².